The fourth-order valence-electron chi connectivity index (χ4n) is 3.56. The Bertz CT molecular complexity index is 1050. The zero-order valence-corrected chi connectivity index (χ0v) is 16.7. The molecule has 1 aliphatic rings. The molecule has 3 aromatic carbocycles. The van der Waals surface area contributed by atoms with Crippen molar-refractivity contribution in [3.63, 3.8) is 0 Å². The lowest BCUT2D eigenvalue weighted by atomic mass is 9.83. The Morgan fingerprint density at radius 3 is 2.30 bits per heavy atom. The Balaban J connectivity index is 2.01. The Morgan fingerprint density at radius 2 is 1.59 bits per heavy atom. The third kappa shape index (κ3) is 3.34. The molecule has 27 heavy (non-hydrogen) atoms. The normalized spacial score (nSPS) is 18.4. The number of para-hydroxylation sites is 1. The molecule has 0 bridgehead atoms. The first-order chi connectivity index (χ1) is 12.8. The summed E-state index contributed by atoms with van der Waals surface area (Å²) in [5, 5.41) is 0.429. The van der Waals surface area contributed by atoms with Crippen LogP contribution in [-0.2, 0) is 16.4 Å². The van der Waals surface area contributed by atoms with Crippen molar-refractivity contribution in [2.24, 2.45) is 0 Å². The van der Waals surface area contributed by atoms with Crippen molar-refractivity contribution in [1.82, 2.24) is 0 Å². The standard InChI is InChI=1S/C23H23O3P/c1-23(2,3)18-14-17(13-16-9-5-4-6-10-16)22-20(15-18)19-11-7-8-12-21(19)26-27(22,24)25/h4-12,14-15H,13H2,1-3H3,(H,24,25). The summed E-state index contributed by atoms with van der Waals surface area (Å²) < 4.78 is 18.7. The van der Waals surface area contributed by atoms with Gasteiger partial charge in [-0.3, -0.25) is 0 Å². The number of benzene rings is 3. The summed E-state index contributed by atoms with van der Waals surface area (Å²) in [6.45, 7) is 6.47. The van der Waals surface area contributed by atoms with Gasteiger partial charge in [-0.1, -0.05) is 75.4 Å². The molecule has 0 radical (unpaired) electrons. The van der Waals surface area contributed by atoms with Crippen molar-refractivity contribution in [3.05, 3.63) is 83.4 Å². The topological polar surface area (TPSA) is 46.5 Å². The highest BCUT2D eigenvalue weighted by Gasteiger charge is 2.37. The molecule has 0 fully saturated rings. The van der Waals surface area contributed by atoms with Crippen molar-refractivity contribution in [3.8, 4) is 16.9 Å². The van der Waals surface area contributed by atoms with Crippen LogP contribution in [0, 0.1) is 0 Å². The van der Waals surface area contributed by atoms with Crippen LogP contribution in [-0.4, -0.2) is 4.89 Å². The molecule has 4 heteroatoms. The van der Waals surface area contributed by atoms with Crippen molar-refractivity contribution < 1.29 is 14.0 Å². The minimum absolute atomic E-state index is 0.0762. The monoisotopic (exact) mass is 378 g/mol. The van der Waals surface area contributed by atoms with Gasteiger partial charge in [-0.25, -0.2) is 4.57 Å². The summed E-state index contributed by atoms with van der Waals surface area (Å²) in [4.78, 5) is 10.8. The molecule has 1 atom stereocenters. The lowest BCUT2D eigenvalue weighted by molar-refractivity contribution is 0.392. The van der Waals surface area contributed by atoms with E-state index in [2.05, 4.69) is 26.8 Å². The SMILES string of the molecule is CC(C)(C)c1cc(Cc2ccccc2)c2c(c1)-c1ccccc1OP2(=O)O. The van der Waals surface area contributed by atoms with E-state index in [0.717, 1.165) is 27.8 Å². The molecule has 1 heterocycles. The van der Waals surface area contributed by atoms with Crippen molar-refractivity contribution in [2.45, 2.75) is 32.6 Å². The number of hydrogen-bond acceptors (Lipinski definition) is 2. The summed E-state index contributed by atoms with van der Waals surface area (Å²) in [7, 11) is -3.96. The van der Waals surface area contributed by atoms with Gasteiger partial charge >= 0.3 is 7.60 Å². The van der Waals surface area contributed by atoms with Gasteiger partial charge in [-0.15, -0.1) is 0 Å². The van der Waals surface area contributed by atoms with Crippen molar-refractivity contribution in [2.75, 3.05) is 0 Å². The van der Waals surface area contributed by atoms with Crippen LogP contribution in [0.5, 0.6) is 5.75 Å². The molecule has 4 rings (SSSR count). The lowest BCUT2D eigenvalue weighted by Gasteiger charge is -2.30. The van der Waals surface area contributed by atoms with E-state index in [1.54, 1.807) is 6.07 Å². The van der Waals surface area contributed by atoms with Crippen molar-refractivity contribution >= 4 is 12.9 Å². The van der Waals surface area contributed by atoms with Crippen LogP contribution in [0.15, 0.2) is 66.7 Å². The minimum Gasteiger partial charge on any atom is -0.421 e. The Hall–Kier alpha value is -2.35. The average Bonchev–Trinajstić information content (AvgIpc) is 2.61. The maximum atomic E-state index is 13.1. The molecule has 3 nitrogen and oxygen atoms in total. The van der Waals surface area contributed by atoms with Gasteiger partial charge in [0.15, 0.2) is 0 Å². The van der Waals surface area contributed by atoms with Crippen LogP contribution in [0.1, 0.15) is 37.5 Å². The van der Waals surface area contributed by atoms with Gasteiger partial charge in [0.1, 0.15) is 5.75 Å². The Morgan fingerprint density at radius 1 is 0.926 bits per heavy atom. The van der Waals surface area contributed by atoms with E-state index in [-0.39, 0.29) is 5.41 Å². The highest BCUT2D eigenvalue weighted by molar-refractivity contribution is 7.62. The molecule has 0 aliphatic carbocycles. The molecule has 0 amide bonds. The van der Waals surface area contributed by atoms with E-state index < -0.39 is 7.60 Å². The first-order valence-corrected chi connectivity index (χ1v) is 10.7. The molecule has 138 valence electrons. The Labute approximate surface area is 160 Å². The second kappa shape index (κ2) is 6.37. The molecule has 3 aromatic rings. The molecule has 1 unspecified atom stereocenters. The molecular formula is C23H23O3P. The van der Waals surface area contributed by atoms with E-state index in [4.69, 9.17) is 4.52 Å². The van der Waals surface area contributed by atoms with Gasteiger partial charge in [0.05, 0.1) is 5.30 Å². The van der Waals surface area contributed by atoms with E-state index in [1.807, 2.05) is 54.6 Å². The Kier molecular flexibility index (Phi) is 4.25. The van der Waals surface area contributed by atoms with E-state index >= 15 is 0 Å². The number of fused-ring (bicyclic) bond motifs is 3. The minimum atomic E-state index is -3.96. The fraction of sp³-hybridized carbons (Fsp3) is 0.217. The van der Waals surface area contributed by atoms with E-state index in [1.165, 1.54) is 0 Å². The first kappa shape index (κ1) is 18.0. The molecule has 0 spiro atoms. The van der Waals surface area contributed by atoms with Gasteiger partial charge in [-0.2, -0.15) is 0 Å². The zero-order chi connectivity index (χ0) is 19.2. The van der Waals surface area contributed by atoms with Gasteiger partial charge in [0.25, 0.3) is 0 Å². The van der Waals surface area contributed by atoms with Crippen molar-refractivity contribution in [1.29, 1.82) is 0 Å². The summed E-state index contributed by atoms with van der Waals surface area (Å²) in [6, 6.07) is 21.6. The largest absolute Gasteiger partial charge is 0.421 e. The maximum absolute atomic E-state index is 13.1. The quantitative estimate of drug-likeness (QED) is 0.604. The zero-order valence-electron chi connectivity index (χ0n) is 15.8. The van der Waals surface area contributed by atoms with Gasteiger partial charge < -0.3 is 9.42 Å². The average molecular weight is 378 g/mol. The molecule has 1 aliphatic heterocycles. The van der Waals surface area contributed by atoms with Crippen LogP contribution in [0.3, 0.4) is 0 Å². The third-order valence-corrected chi connectivity index (χ3v) is 6.51. The molecule has 1 N–H and O–H groups in total. The lowest BCUT2D eigenvalue weighted by Crippen LogP contribution is -2.24. The second-order valence-corrected chi connectivity index (χ2v) is 9.72. The highest BCUT2D eigenvalue weighted by atomic mass is 31.2. The van der Waals surface area contributed by atoms with Gasteiger partial charge in [-0.05, 0) is 40.7 Å². The predicted molar refractivity (Wildman–Crippen MR) is 110 cm³/mol. The number of hydrogen-bond donors (Lipinski definition) is 1. The van der Waals surface area contributed by atoms with E-state index in [9.17, 15) is 9.46 Å². The van der Waals surface area contributed by atoms with Crippen LogP contribution in [0.2, 0.25) is 0 Å². The highest BCUT2D eigenvalue weighted by Crippen LogP contribution is 2.53. The maximum Gasteiger partial charge on any atom is 0.409 e. The van der Waals surface area contributed by atoms with Gasteiger partial charge in [0.2, 0.25) is 0 Å². The van der Waals surface area contributed by atoms with Crippen LogP contribution < -0.4 is 9.83 Å². The molecule has 0 saturated heterocycles. The first-order valence-electron chi connectivity index (χ1n) is 9.09. The third-order valence-electron chi connectivity index (χ3n) is 4.97. The molecule has 0 saturated carbocycles. The summed E-state index contributed by atoms with van der Waals surface area (Å²) in [5.74, 6) is 0.465. The van der Waals surface area contributed by atoms with Crippen LogP contribution >= 0.6 is 7.60 Å². The van der Waals surface area contributed by atoms with E-state index in [0.29, 0.717) is 17.5 Å². The van der Waals surface area contributed by atoms with Gasteiger partial charge in [0, 0.05) is 11.1 Å². The summed E-state index contributed by atoms with van der Waals surface area (Å²) >= 11 is 0. The summed E-state index contributed by atoms with van der Waals surface area (Å²) in [5.41, 5.74) is 4.69. The predicted octanol–water partition coefficient (Wildman–Crippen LogP) is 5.45. The smallest absolute Gasteiger partial charge is 0.409 e. The molecular weight excluding hydrogens is 355 g/mol. The summed E-state index contributed by atoms with van der Waals surface area (Å²) in [6.07, 6.45) is 0.586. The number of rotatable bonds is 2. The molecule has 0 aromatic heterocycles. The van der Waals surface area contributed by atoms with Crippen LogP contribution in [0.25, 0.3) is 11.1 Å². The fourth-order valence-corrected chi connectivity index (χ4v) is 5.08. The second-order valence-electron chi connectivity index (χ2n) is 8.05. The van der Waals surface area contributed by atoms with Crippen LogP contribution in [0.4, 0.5) is 0 Å².